The van der Waals surface area contributed by atoms with E-state index in [4.69, 9.17) is 9.84 Å². The predicted octanol–water partition coefficient (Wildman–Crippen LogP) is 3.61. The van der Waals surface area contributed by atoms with Crippen LogP contribution in [-0.2, 0) is 4.74 Å². The van der Waals surface area contributed by atoms with E-state index in [9.17, 15) is 0 Å². The van der Waals surface area contributed by atoms with E-state index >= 15 is 0 Å². The first-order valence-electron chi connectivity index (χ1n) is 6.55. The molecule has 0 aromatic rings. The predicted molar refractivity (Wildman–Crippen MR) is 72.0 cm³/mol. The van der Waals surface area contributed by atoms with Crippen LogP contribution in [-0.4, -0.2) is 23.4 Å². The number of ether oxygens (including phenoxy) is 1. The molecular weight excluding hydrogens is 212 g/mol. The maximum absolute atomic E-state index is 8.97. The fraction of sp³-hybridized carbons (Fsp3) is 0.733. The van der Waals surface area contributed by atoms with Gasteiger partial charge in [-0.25, -0.2) is 0 Å². The van der Waals surface area contributed by atoms with Crippen molar-refractivity contribution in [2.75, 3.05) is 6.61 Å². The third kappa shape index (κ3) is 5.05. The molecule has 0 bridgehead atoms. The minimum Gasteiger partial charge on any atom is -0.394 e. The molecule has 0 saturated carbocycles. The van der Waals surface area contributed by atoms with Crippen molar-refractivity contribution in [3.63, 3.8) is 0 Å². The standard InChI is InChI=1S/C15H26O2/c1-12(2)7-5-8-13(3)9-6-10-15(4)14(11-16)17-15/h7,9,14,16H,5-6,8,10-11H2,1-4H3/b13-9+/t14-,15-/m0/s1. The van der Waals surface area contributed by atoms with Gasteiger partial charge < -0.3 is 9.84 Å². The number of epoxide rings is 1. The van der Waals surface area contributed by atoms with Gasteiger partial charge in [0.1, 0.15) is 6.10 Å². The van der Waals surface area contributed by atoms with E-state index in [2.05, 4.69) is 39.8 Å². The first kappa shape index (κ1) is 14.5. The molecule has 0 spiro atoms. The summed E-state index contributed by atoms with van der Waals surface area (Å²) in [5.74, 6) is 0. The fourth-order valence-electron chi connectivity index (χ4n) is 2.04. The molecule has 0 aliphatic carbocycles. The first-order valence-corrected chi connectivity index (χ1v) is 6.55. The van der Waals surface area contributed by atoms with Crippen molar-refractivity contribution < 1.29 is 9.84 Å². The highest BCUT2D eigenvalue weighted by Gasteiger charge is 2.50. The Hall–Kier alpha value is -0.600. The zero-order valence-electron chi connectivity index (χ0n) is 11.6. The van der Waals surface area contributed by atoms with Crippen LogP contribution in [0.25, 0.3) is 0 Å². The maximum Gasteiger partial charge on any atom is 0.110 e. The SMILES string of the molecule is CC(C)=CCC/C(C)=C/CC[C@]1(C)O[C@H]1CO. The van der Waals surface area contributed by atoms with Crippen molar-refractivity contribution in [1.82, 2.24) is 0 Å². The Kier molecular flexibility index (Phi) is 5.41. The van der Waals surface area contributed by atoms with Crippen LogP contribution in [0.5, 0.6) is 0 Å². The zero-order valence-corrected chi connectivity index (χ0v) is 11.6. The van der Waals surface area contributed by atoms with Gasteiger partial charge >= 0.3 is 0 Å². The van der Waals surface area contributed by atoms with Crippen molar-refractivity contribution in [1.29, 1.82) is 0 Å². The molecule has 0 aromatic carbocycles. The van der Waals surface area contributed by atoms with E-state index in [-0.39, 0.29) is 18.3 Å². The second-order valence-corrected chi connectivity index (χ2v) is 5.51. The lowest BCUT2D eigenvalue weighted by Gasteiger charge is -2.04. The summed E-state index contributed by atoms with van der Waals surface area (Å²) in [7, 11) is 0. The molecule has 2 heteroatoms. The monoisotopic (exact) mass is 238 g/mol. The summed E-state index contributed by atoms with van der Waals surface area (Å²) in [6, 6.07) is 0. The maximum atomic E-state index is 8.97. The lowest BCUT2D eigenvalue weighted by atomic mass is 10.00. The Morgan fingerprint density at radius 1 is 1.24 bits per heavy atom. The molecule has 17 heavy (non-hydrogen) atoms. The van der Waals surface area contributed by atoms with Gasteiger partial charge in [-0.15, -0.1) is 0 Å². The Morgan fingerprint density at radius 2 is 1.94 bits per heavy atom. The third-order valence-corrected chi connectivity index (χ3v) is 3.43. The molecule has 98 valence electrons. The van der Waals surface area contributed by atoms with Gasteiger partial charge in [-0.2, -0.15) is 0 Å². The molecule has 2 atom stereocenters. The fourth-order valence-corrected chi connectivity index (χ4v) is 2.04. The van der Waals surface area contributed by atoms with Gasteiger partial charge in [0.25, 0.3) is 0 Å². The second-order valence-electron chi connectivity index (χ2n) is 5.51. The van der Waals surface area contributed by atoms with E-state index in [0.29, 0.717) is 0 Å². The molecule has 1 heterocycles. The van der Waals surface area contributed by atoms with Gasteiger partial charge in [0.15, 0.2) is 0 Å². The Balaban J connectivity index is 2.18. The van der Waals surface area contributed by atoms with Crippen molar-refractivity contribution in [2.24, 2.45) is 0 Å². The topological polar surface area (TPSA) is 32.8 Å². The zero-order chi connectivity index (χ0) is 12.9. The number of hydrogen-bond acceptors (Lipinski definition) is 2. The van der Waals surface area contributed by atoms with Crippen LogP contribution < -0.4 is 0 Å². The Morgan fingerprint density at radius 3 is 2.47 bits per heavy atom. The molecule has 1 saturated heterocycles. The molecule has 0 radical (unpaired) electrons. The average molecular weight is 238 g/mol. The molecular formula is C15H26O2. The molecule has 0 unspecified atom stereocenters. The van der Waals surface area contributed by atoms with E-state index in [1.807, 2.05) is 0 Å². The van der Waals surface area contributed by atoms with E-state index in [1.54, 1.807) is 0 Å². The molecule has 0 amide bonds. The van der Waals surface area contributed by atoms with Crippen LogP contribution >= 0.6 is 0 Å². The number of rotatable bonds is 7. The number of aliphatic hydroxyl groups is 1. The van der Waals surface area contributed by atoms with E-state index in [0.717, 1.165) is 25.7 Å². The normalized spacial score (nSPS) is 28.1. The molecule has 2 nitrogen and oxygen atoms in total. The van der Waals surface area contributed by atoms with Gasteiger partial charge in [-0.1, -0.05) is 23.3 Å². The molecule has 1 aliphatic rings. The van der Waals surface area contributed by atoms with E-state index in [1.165, 1.54) is 11.1 Å². The quantitative estimate of drug-likeness (QED) is 0.543. The van der Waals surface area contributed by atoms with Crippen LogP contribution in [0, 0.1) is 0 Å². The van der Waals surface area contributed by atoms with Gasteiger partial charge in [-0.3, -0.25) is 0 Å². The van der Waals surface area contributed by atoms with Crippen LogP contribution in [0.4, 0.5) is 0 Å². The van der Waals surface area contributed by atoms with Gasteiger partial charge in [0.05, 0.1) is 12.2 Å². The van der Waals surface area contributed by atoms with Crippen molar-refractivity contribution >= 4 is 0 Å². The smallest absolute Gasteiger partial charge is 0.110 e. The lowest BCUT2D eigenvalue weighted by molar-refractivity contribution is 0.235. The second kappa shape index (κ2) is 6.36. The largest absolute Gasteiger partial charge is 0.394 e. The van der Waals surface area contributed by atoms with E-state index < -0.39 is 0 Å². The lowest BCUT2D eigenvalue weighted by Crippen LogP contribution is -2.11. The van der Waals surface area contributed by atoms with Crippen LogP contribution in [0.3, 0.4) is 0 Å². The van der Waals surface area contributed by atoms with Crippen LogP contribution in [0.2, 0.25) is 0 Å². The first-order chi connectivity index (χ1) is 7.98. The molecule has 1 rings (SSSR count). The van der Waals surface area contributed by atoms with Gasteiger partial charge in [0, 0.05) is 0 Å². The van der Waals surface area contributed by atoms with Gasteiger partial charge in [-0.05, 0) is 53.4 Å². The number of allylic oxidation sites excluding steroid dienone is 4. The Bertz CT molecular complexity index is 300. The van der Waals surface area contributed by atoms with Crippen molar-refractivity contribution in [3.8, 4) is 0 Å². The van der Waals surface area contributed by atoms with Crippen molar-refractivity contribution in [3.05, 3.63) is 23.3 Å². The summed E-state index contributed by atoms with van der Waals surface area (Å²) < 4.78 is 5.46. The molecule has 1 fully saturated rings. The average Bonchev–Trinajstić information content (AvgIpc) is 2.89. The van der Waals surface area contributed by atoms with Crippen molar-refractivity contribution in [2.45, 2.75) is 65.1 Å². The number of hydrogen-bond donors (Lipinski definition) is 1. The summed E-state index contributed by atoms with van der Waals surface area (Å²) in [5.41, 5.74) is 2.78. The highest BCUT2D eigenvalue weighted by Crippen LogP contribution is 2.39. The number of aliphatic hydroxyl groups excluding tert-OH is 1. The Labute approximate surface area is 105 Å². The minimum absolute atomic E-state index is 0.0640. The summed E-state index contributed by atoms with van der Waals surface area (Å²) in [6.07, 6.45) is 9.00. The summed E-state index contributed by atoms with van der Waals surface area (Å²) in [6.45, 7) is 8.71. The summed E-state index contributed by atoms with van der Waals surface area (Å²) in [4.78, 5) is 0. The highest BCUT2D eigenvalue weighted by molar-refractivity contribution is 5.05. The summed E-state index contributed by atoms with van der Waals surface area (Å²) in [5, 5.41) is 8.97. The molecule has 1 aliphatic heterocycles. The highest BCUT2D eigenvalue weighted by atomic mass is 16.6. The van der Waals surface area contributed by atoms with Crippen LogP contribution in [0.1, 0.15) is 53.4 Å². The van der Waals surface area contributed by atoms with Gasteiger partial charge in [0.2, 0.25) is 0 Å². The van der Waals surface area contributed by atoms with Crippen LogP contribution in [0.15, 0.2) is 23.3 Å². The molecule has 0 aromatic heterocycles. The third-order valence-electron chi connectivity index (χ3n) is 3.43. The molecule has 1 N–H and O–H groups in total. The minimum atomic E-state index is -0.0640. The summed E-state index contributed by atoms with van der Waals surface area (Å²) >= 11 is 0.